The van der Waals surface area contributed by atoms with E-state index in [-0.39, 0.29) is 11.6 Å². The molecule has 2 nitrogen and oxygen atoms in total. The molecule has 1 atom stereocenters. The van der Waals surface area contributed by atoms with Crippen LogP contribution in [0.2, 0.25) is 0 Å². The Morgan fingerprint density at radius 2 is 1.96 bits per heavy atom. The van der Waals surface area contributed by atoms with Gasteiger partial charge in [-0.25, -0.2) is 0 Å². The van der Waals surface area contributed by atoms with E-state index in [1.165, 1.54) is 12.1 Å². The molecule has 3 rings (SSSR count). The van der Waals surface area contributed by atoms with Crippen LogP contribution in [0.1, 0.15) is 28.4 Å². The van der Waals surface area contributed by atoms with Crippen molar-refractivity contribution in [3.05, 3.63) is 63.6 Å². The van der Waals surface area contributed by atoms with Crippen molar-refractivity contribution in [1.82, 2.24) is 0 Å². The minimum atomic E-state index is -4.46. The molecule has 0 radical (unpaired) electrons. The van der Waals surface area contributed by atoms with Gasteiger partial charge in [0.1, 0.15) is 0 Å². The monoisotopic (exact) mass is 383 g/mol. The maximum absolute atomic E-state index is 12.8. The Morgan fingerprint density at radius 3 is 2.65 bits per heavy atom. The van der Waals surface area contributed by atoms with Crippen LogP contribution in [0.5, 0.6) is 0 Å². The number of carbonyl (C=O) groups is 1. The largest absolute Gasteiger partial charge is 0.416 e. The molecule has 2 aromatic carbocycles. The number of rotatable bonds is 1. The van der Waals surface area contributed by atoms with Crippen molar-refractivity contribution < 1.29 is 18.0 Å². The Kier molecular flexibility index (Phi) is 3.96. The van der Waals surface area contributed by atoms with Gasteiger partial charge in [0.05, 0.1) is 5.56 Å². The molecule has 0 spiro atoms. The summed E-state index contributed by atoms with van der Waals surface area (Å²) in [6, 6.07) is 10.0. The van der Waals surface area contributed by atoms with Crippen LogP contribution in [0.3, 0.4) is 0 Å². The Labute approximate surface area is 140 Å². The summed E-state index contributed by atoms with van der Waals surface area (Å²) in [5.41, 5.74) is 0.990. The molecule has 1 amide bonds. The van der Waals surface area contributed by atoms with Crippen molar-refractivity contribution in [2.75, 3.05) is 4.90 Å². The van der Waals surface area contributed by atoms with Gasteiger partial charge in [0.2, 0.25) is 0 Å². The predicted molar refractivity (Wildman–Crippen MR) is 85.6 cm³/mol. The van der Waals surface area contributed by atoms with Crippen LogP contribution in [0, 0.1) is 0 Å². The molecule has 1 aliphatic rings. The average molecular weight is 384 g/mol. The topological polar surface area (TPSA) is 20.3 Å². The summed E-state index contributed by atoms with van der Waals surface area (Å²) < 4.78 is 39.4. The maximum Gasteiger partial charge on any atom is 0.416 e. The van der Waals surface area contributed by atoms with Gasteiger partial charge in [-0.2, -0.15) is 13.2 Å². The Bertz CT molecular complexity index is 773. The first-order chi connectivity index (χ1) is 10.8. The standard InChI is InChI=1S/C17H13BrF3NO/c1-10-7-12-9-14(18)5-6-15(12)22(10)16(23)11-3-2-4-13(8-11)17(19,20)21/h2-6,8-10H,7H2,1H3/t10-/m0/s1. The zero-order chi connectivity index (χ0) is 16.8. The number of anilines is 1. The Morgan fingerprint density at radius 1 is 1.22 bits per heavy atom. The zero-order valence-corrected chi connectivity index (χ0v) is 13.8. The minimum Gasteiger partial charge on any atom is -0.305 e. The quantitative estimate of drug-likeness (QED) is 0.673. The van der Waals surface area contributed by atoms with Crippen LogP contribution in [0.15, 0.2) is 46.9 Å². The smallest absolute Gasteiger partial charge is 0.305 e. The van der Waals surface area contributed by atoms with Gasteiger partial charge in [-0.3, -0.25) is 4.79 Å². The Hall–Kier alpha value is -1.82. The van der Waals surface area contributed by atoms with Crippen LogP contribution >= 0.6 is 15.9 Å². The first-order valence-electron chi connectivity index (χ1n) is 7.06. The van der Waals surface area contributed by atoms with E-state index in [1.54, 1.807) is 4.90 Å². The zero-order valence-electron chi connectivity index (χ0n) is 12.2. The molecule has 6 heteroatoms. The van der Waals surface area contributed by atoms with Crippen LogP contribution in [0.4, 0.5) is 18.9 Å². The normalized spacial score (nSPS) is 17.3. The summed E-state index contributed by atoms with van der Waals surface area (Å²) in [6.07, 6.45) is -3.78. The van der Waals surface area contributed by atoms with Crippen molar-refractivity contribution in [1.29, 1.82) is 0 Å². The van der Waals surface area contributed by atoms with E-state index < -0.39 is 17.6 Å². The van der Waals surface area contributed by atoms with Crippen molar-refractivity contribution in [3.8, 4) is 0 Å². The molecule has 0 unspecified atom stereocenters. The fourth-order valence-corrected chi connectivity index (χ4v) is 3.29. The predicted octanol–water partition coefficient (Wildman–Crippen LogP) is 5.06. The summed E-state index contributed by atoms with van der Waals surface area (Å²) in [4.78, 5) is 14.3. The second-order valence-corrected chi connectivity index (χ2v) is 6.50. The molecular formula is C17H13BrF3NO. The number of fused-ring (bicyclic) bond motifs is 1. The number of hydrogen-bond donors (Lipinski definition) is 0. The van der Waals surface area contributed by atoms with E-state index in [4.69, 9.17) is 0 Å². The lowest BCUT2D eigenvalue weighted by atomic mass is 10.1. The molecule has 1 heterocycles. The molecule has 0 aliphatic carbocycles. The average Bonchev–Trinajstić information content (AvgIpc) is 2.80. The molecule has 0 fully saturated rings. The molecular weight excluding hydrogens is 371 g/mol. The van der Waals surface area contributed by atoms with Gasteiger partial charge in [-0.15, -0.1) is 0 Å². The highest BCUT2D eigenvalue weighted by Gasteiger charge is 2.34. The lowest BCUT2D eigenvalue weighted by Gasteiger charge is -2.23. The van der Waals surface area contributed by atoms with Gasteiger partial charge in [-0.05, 0) is 55.3 Å². The SMILES string of the molecule is C[C@H]1Cc2cc(Br)ccc2N1C(=O)c1cccc(C(F)(F)F)c1. The number of carbonyl (C=O) groups excluding carboxylic acids is 1. The molecule has 0 saturated heterocycles. The highest BCUT2D eigenvalue weighted by atomic mass is 79.9. The van der Waals surface area contributed by atoms with E-state index in [9.17, 15) is 18.0 Å². The van der Waals surface area contributed by atoms with E-state index >= 15 is 0 Å². The van der Waals surface area contributed by atoms with E-state index in [0.29, 0.717) is 6.42 Å². The van der Waals surface area contributed by atoms with E-state index in [1.807, 2.05) is 25.1 Å². The third-order valence-electron chi connectivity index (χ3n) is 3.91. The van der Waals surface area contributed by atoms with Crippen molar-refractivity contribution in [2.24, 2.45) is 0 Å². The summed E-state index contributed by atoms with van der Waals surface area (Å²) >= 11 is 3.39. The minimum absolute atomic E-state index is 0.0439. The van der Waals surface area contributed by atoms with Crippen molar-refractivity contribution in [3.63, 3.8) is 0 Å². The van der Waals surface area contributed by atoms with Gasteiger partial charge in [0.15, 0.2) is 0 Å². The number of halogens is 4. The first kappa shape index (κ1) is 16.1. The summed E-state index contributed by atoms with van der Waals surface area (Å²) in [7, 11) is 0. The third-order valence-corrected chi connectivity index (χ3v) is 4.41. The Balaban J connectivity index is 1.99. The molecule has 0 saturated carbocycles. The highest BCUT2D eigenvalue weighted by Crippen LogP contribution is 2.36. The molecule has 0 bridgehead atoms. The van der Waals surface area contributed by atoms with Gasteiger partial charge >= 0.3 is 6.18 Å². The van der Waals surface area contributed by atoms with E-state index in [2.05, 4.69) is 15.9 Å². The fraction of sp³-hybridized carbons (Fsp3) is 0.235. The third kappa shape index (κ3) is 3.00. The van der Waals surface area contributed by atoms with E-state index in [0.717, 1.165) is 27.9 Å². The van der Waals surface area contributed by atoms with Crippen LogP contribution in [-0.4, -0.2) is 11.9 Å². The lowest BCUT2D eigenvalue weighted by Crippen LogP contribution is -2.35. The number of nitrogens with zero attached hydrogens (tertiary/aromatic N) is 1. The maximum atomic E-state index is 12.8. The molecule has 0 N–H and O–H groups in total. The molecule has 1 aliphatic heterocycles. The van der Waals surface area contributed by atoms with Gasteiger partial charge < -0.3 is 4.90 Å². The van der Waals surface area contributed by atoms with Crippen molar-refractivity contribution >= 4 is 27.5 Å². The van der Waals surface area contributed by atoms with Crippen LogP contribution < -0.4 is 4.90 Å². The summed E-state index contributed by atoms with van der Waals surface area (Å²) in [5.74, 6) is -0.412. The number of benzene rings is 2. The molecule has 2 aromatic rings. The highest BCUT2D eigenvalue weighted by molar-refractivity contribution is 9.10. The fourth-order valence-electron chi connectivity index (χ4n) is 2.88. The van der Waals surface area contributed by atoms with Crippen molar-refractivity contribution in [2.45, 2.75) is 25.6 Å². The number of alkyl halides is 3. The van der Waals surface area contributed by atoms with Crippen LogP contribution in [-0.2, 0) is 12.6 Å². The first-order valence-corrected chi connectivity index (χ1v) is 7.86. The molecule has 0 aromatic heterocycles. The molecule has 23 heavy (non-hydrogen) atoms. The van der Waals surface area contributed by atoms with Gasteiger partial charge in [-0.1, -0.05) is 22.0 Å². The summed E-state index contributed by atoms with van der Waals surface area (Å²) in [5, 5.41) is 0. The second-order valence-electron chi connectivity index (χ2n) is 5.58. The van der Waals surface area contributed by atoms with Crippen LogP contribution in [0.25, 0.3) is 0 Å². The second kappa shape index (κ2) is 5.67. The van der Waals surface area contributed by atoms with Gasteiger partial charge in [0, 0.05) is 21.8 Å². The molecule has 120 valence electrons. The summed E-state index contributed by atoms with van der Waals surface area (Å²) in [6.45, 7) is 1.89. The lowest BCUT2D eigenvalue weighted by molar-refractivity contribution is -0.137. The van der Waals surface area contributed by atoms with Gasteiger partial charge in [0.25, 0.3) is 5.91 Å². The number of amides is 1. The number of hydrogen-bond acceptors (Lipinski definition) is 1.